The number of sulfonamides is 1. The van der Waals surface area contributed by atoms with Crippen LogP contribution in [-0.4, -0.2) is 51.4 Å². The Labute approximate surface area is 188 Å². The van der Waals surface area contributed by atoms with E-state index in [9.17, 15) is 18.0 Å². The Morgan fingerprint density at radius 3 is 2.31 bits per heavy atom. The van der Waals surface area contributed by atoms with Gasteiger partial charge in [-0.3, -0.25) is 4.79 Å². The highest BCUT2D eigenvalue weighted by Gasteiger charge is 2.32. The molecule has 0 unspecified atom stereocenters. The van der Waals surface area contributed by atoms with Crippen molar-refractivity contribution in [3.8, 4) is 5.75 Å². The van der Waals surface area contributed by atoms with Crippen molar-refractivity contribution in [1.29, 1.82) is 0 Å². The molecule has 1 heterocycles. The maximum absolute atomic E-state index is 13.0. The molecule has 0 bridgehead atoms. The lowest BCUT2D eigenvalue weighted by atomic mass is 9.97. The number of hydrogen-bond acceptors (Lipinski definition) is 6. The van der Waals surface area contributed by atoms with Crippen molar-refractivity contribution < 1.29 is 27.5 Å². The first kappa shape index (κ1) is 23.7. The normalized spacial score (nSPS) is 15.2. The fourth-order valence-corrected chi connectivity index (χ4v) is 5.21. The van der Waals surface area contributed by atoms with Crippen LogP contribution < -0.4 is 10.1 Å². The van der Waals surface area contributed by atoms with E-state index in [0.29, 0.717) is 36.4 Å². The molecule has 0 aromatic heterocycles. The molecule has 32 heavy (non-hydrogen) atoms. The summed E-state index contributed by atoms with van der Waals surface area (Å²) >= 11 is 0. The van der Waals surface area contributed by atoms with E-state index in [1.54, 1.807) is 42.5 Å². The van der Waals surface area contributed by atoms with Crippen LogP contribution in [-0.2, 0) is 19.6 Å². The lowest BCUT2D eigenvalue weighted by molar-refractivity contribution is -0.120. The van der Waals surface area contributed by atoms with Crippen molar-refractivity contribution in [2.45, 2.75) is 31.6 Å². The minimum atomic E-state index is -3.64. The van der Waals surface area contributed by atoms with E-state index in [4.69, 9.17) is 4.74 Å². The second-order valence-electron chi connectivity index (χ2n) is 7.60. The molecule has 3 rings (SSSR count). The number of methoxy groups -OCH3 is 1. The van der Waals surface area contributed by atoms with Gasteiger partial charge >= 0.3 is 5.97 Å². The smallest absolute Gasteiger partial charge is 0.337 e. The molecule has 1 aliphatic heterocycles. The Bertz CT molecular complexity index is 1070. The van der Waals surface area contributed by atoms with Crippen molar-refractivity contribution in [3.63, 3.8) is 0 Å². The fraction of sp³-hybridized carbons (Fsp3) is 0.391. The van der Waals surface area contributed by atoms with Crippen LogP contribution in [0.4, 0.5) is 5.69 Å². The summed E-state index contributed by atoms with van der Waals surface area (Å²) in [6.45, 7) is 4.75. The van der Waals surface area contributed by atoms with E-state index in [1.165, 1.54) is 11.4 Å². The van der Waals surface area contributed by atoms with Crippen LogP contribution in [0.1, 0.15) is 35.7 Å². The van der Waals surface area contributed by atoms with E-state index >= 15 is 0 Å². The van der Waals surface area contributed by atoms with Gasteiger partial charge in [0.1, 0.15) is 5.75 Å². The quantitative estimate of drug-likeness (QED) is 0.637. The van der Waals surface area contributed by atoms with Crippen LogP contribution in [0.15, 0.2) is 47.4 Å². The summed E-state index contributed by atoms with van der Waals surface area (Å²) < 4.78 is 37.6. The Morgan fingerprint density at radius 1 is 1.09 bits per heavy atom. The number of aryl methyl sites for hydroxylation is 1. The summed E-state index contributed by atoms with van der Waals surface area (Å²) in [5.41, 5.74) is 1.73. The molecule has 2 aromatic rings. The standard InChI is InChI=1S/C23H28N2O6S/c1-4-31-21-10-9-20(15-16(21)2)32(28,29)25-13-11-17(12-14-25)22(26)24-19-7-5-18(6-8-19)23(27)30-3/h5-10,15,17H,4,11-14H2,1-3H3,(H,24,26). The first-order valence-corrected chi connectivity index (χ1v) is 11.9. The SMILES string of the molecule is CCOc1ccc(S(=O)(=O)N2CCC(C(=O)Nc3ccc(C(=O)OC)cc3)CC2)cc1C. The summed E-state index contributed by atoms with van der Waals surface area (Å²) in [4.78, 5) is 24.4. The predicted molar refractivity (Wildman–Crippen MR) is 120 cm³/mol. The van der Waals surface area contributed by atoms with E-state index in [2.05, 4.69) is 10.1 Å². The Morgan fingerprint density at radius 2 is 1.75 bits per heavy atom. The molecule has 8 nitrogen and oxygen atoms in total. The number of nitrogens with zero attached hydrogens (tertiary/aromatic N) is 1. The van der Waals surface area contributed by atoms with Gasteiger partial charge in [0.25, 0.3) is 0 Å². The van der Waals surface area contributed by atoms with Crippen molar-refractivity contribution in [2.24, 2.45) is 5.92 Å². The van der Waals surface area contributed by atoms with E-state index in [-0.39, 0.29) is 29.8 Å². The monoisotopic (exact) mass is 460 g/mol. The molecule has 0 radical (unpaired) electrons. The zero-order chi connectivity index (χ0) is 23.3. The number of ether oxygens (including phenoxy) is 2. The average molecular weight is 461 g/mol. The number of rotatable bonds is 7. The number of amides is 1. The number of benzene rings is 2. The molecule has 2 aromatic carbocycles. The molecule has 1 aliphatic rings. The van der Waals surface area contributed by atoms with Gasteiger partial charge in [-0.25, -0.2) is 13.2 Å². The van der Waals surface area contributed by atoms with Crippen LogP contribution in [0.25, 0.3) is 0 Å². The number of piperidine rings is 1. The first-order valence-electron chi connectivity index (χ1n) is 10.5. The largest absolute Gasteiger partial charge is 0.494 e. The van der Waals surface area contributed by atoms with Crippen LogP contribution >= 0.6 is 0 Å². The van der Waals surface area contributed by atoms with Gasteiger partial charge in [0.15, 0.2) is 0 Å². The van der Waals surface area contributed by atoms with Gasteiger partial charge in [-0.15, -0.1) is 0 Å². The topological polar surface area (TPSA) is 102 Å². The molecular formula is C23H28N2O6S. The third-order valence-corrected chi connectivity index (χ3v) is 7.38. The Hall–Kier alpha value is -2.91. The summed E-state index contributed by atoms with van der Waals surface area (Å²) in [5, 5.41) is 2.83. The molecular weight excluding hydrogens is 432 g/mol. The van der Waals surface area contributed by atoms with Crippen LogP contribution in [0.2, 0.25) is 0 Å². The van der Waals surface area contributed by atoms with Gasteiger partial charge in [0.05, 0.1) is 24.2 Å². The zero-order valence-electron chi connectivity index (χ0n) is 18.5. The minimum Gasteiger partial charge on any atom is -0.494 e. The highest BCUT2D eigenvalue weighted by atomic mass is 32.2. The molecule has 1 saturated heterocycles. The highest BCUT2D eigenvalue weighted by molar-refractivity contribution is 7.89. The maximum Gasteiger partial charge on any atom is 0.337 e. The Balaban J connectivity index is 1.59. The summed E-state index contributed by atoms with van der Waals surface area (Å²) in [6, 6.07) is 11.3. The fourth-order valence-electron chi connectivity index (χ4n) is 3.66. The van der Waals surface area contributed by atoms with Gasteiger partial charge in [0.2, 0.25) is 15.9 Å². The second kappa shape index (κ2) is 10.1. The Kier molecular flexibility index (Phi) is 7.52. The van der Waals surface area contributed by atoms with Crippen molar-refractivity contribution in [1.82, 2.24) is 4.31 Å². The van der Waals surface area contributed by atoms with E-state index in [1.807, 2.05) is 13.8 Å². The second-order valence-corrected chi connectivity index (χ2v) is 9.53. The van der Waals surface area contributed by atoms with E-state index in [0.717, 1.165) is 5.56 Å². The number of nitrogens with one attached hydrogen (secondary N) is 1. The zero-order valence-corrected chi connectivity index (χ0v) is 19.3. The molecule has 0 saturated carbocycles. The van der Waals surface area contributed by atoms with E-state index < -0.39 is 16.0 Å². The molecule has 0 atom stereocenters. The van der Waals surface area contributed by atoms with Crippen LogP contribution in [0, 0.1) is 12.8 Å². The number of carbonyl (C=O) groups excluding carboxylic acids is 2. The van der Waals surface area contributed by atoms with Crippen LogP contribution in [0.5, 0.6) is 5.75 Å². The number of esters is 1. The van der Waals surface area contributed by atoms with Crippen molar-refractivity contribution in [2.75, 3.05) is 32.1 Å². The van der Waals surface area contributed by atoms with Crippen LogP contribution in [0.3, 0.4) is 0 Å². The molecule has 0 spiro atoms. The molecule has 1 amide bonds. The maximum atomic E-state index is 13.0. The molecule has 1 fully saturated rings. The third-order valence-electron chi connectivity index (χ3n) is 5.48. The third kappa shape index (κ3) is 5.28. The molecule has 1 N–H and O–H groups in total. The molecule has 9 heteroatoms. The lowest BCUT2D eigenvalue weighted by Gasteiger charge is -2.30. The van der Waals surface area contributed by atoms with Gasteiger partial charge in [-0.2, -0.15) is 4.31 Å². The molecule has 0 aliphatic carbocycles. The highest BCUT2D eigenvalue weighted by Crippen LogP contribution is 2.28. The average Bonchev–Trinajstić information content (AvgIpc) is 2.80. The number of carbonyl (C=O) groups is 2. The van der Waals surface area contributed by atoms with Gasteiger partial charge in [-0.05, 0) is 74.7 Å². The minimum absolute atomic E-state index is 0.162. The lowest BCUT2D eigenvalue weighted by Crippen LogP contribution is -2.41. The predicted octanol–water partition coefficient (Wildman–Crippen LogP) is 3.22. The summed E-state index contributed by atoms with van der Waals surface area (Å²) in [6.07, 6.45) is 0.864. The van der Waals surface area contributed by atoms with Gasteiger partial charge < -0.3 is 14.8 Å². The summed E-state index contributed by atoms with van der Waals surface area (Å²) in [7, 11) is -2.33. The van der Waals surface area contributed by atoms with Crippen molar-refractivity contribution in [3.05, 3.63) is 53.6 Å². The van der Waals surface area contributed by atoms with Crippen molar-refractivity contribution >= 4 is 27.6 Å². The number of anilines is 1. The molecule has 172 valence electrons. The first-order chi connectivity index (χ1) is 15.3. The van der Waals surface area contributed by atoms with Gasteiger partial charge in [-0.1, -0.05) is 0 Å². The number of hydrogen-bond donors (Lipinski definition) is 1. The summed E-state index contributed by atoms with van der Waals surface area (Å²) in [5.74, 6) is -0.228. The van der Waals surface area contributed by atoms with Gasteiger partial charge in [0, 0.05) is 24.7 Å².